The van der Waals surface area contributed by atoms with Crippen molar-refractivity contribution in [3.05, 3.63) is 11.8 Å². The third-order valence-corrected chi connectivity index (χ3v) is 1.70. The average molecular weight is 167 g/mol. The van der Waals surface area contributed by atoms with Crippen molar-refractivity contribution in [2.24, 2.45) is 0 Å². The molecule has 2 rings (SSSR count). The maximum atomic E-state index is 10.9. The van der Waals surface area contributed by atoms with E-state index in [1.807, 2.05) is 0 Å². The van der Waals surface area contributed by atoms with Crippen LogP contribution in [0.4, 0.5) is 0 Å². The molecule has 1 atom stereocenters. The van der Waals surface area contributed by atoms with Crippen LogP contribution in [0, 0.1) is 0 Å². The third kappa shape index (κ3) is 0.903. The lowest BCUT2D eigenvalue weighted by atomic mass is 10.1. The predicted octanol–water partition coefficient (Wildman–Crippen LogP) is -1.12. The van der Waals surface area contributed by atoms with Crippen LogP contribution in [0.15, 0.2) is 11.8 Å². The number of nitrogens with one attached hydrogen (secondary N) is 1. The van der Waals surface area contributed by atoms with E-state index in [0.29, 0.717) is 0 Å². The van der Waals surface area contributed by atoms with E-state index in [1.54, 1.807) is 0 Å². The predicted molar refractivity (Wildman–Crippen MR) is 35.7 cm³/mol. The van der Waals surface area contributed by atoms with E-state index in [0.717, 1.165) is 6.08 Å². The van der Waals surface area contributed by atoms with Crippen LogP contribution in [0.1, 0.15) is 6.42 Å². The van der Waals surface area contributed by atoms with E-state index in [1.165, 1.54) is 0 Å². The van der Waals surface area contributed by atoms with Crippen molar-refractivity contribution in [2.75, 3.05) is 0 Å². The van der Waals surface area contributed by atoms with Gasteiger partial charge in [0.25, 0.3) is 11.8 Å². The van der Waals surface area contributed by atoms with Crippen LogP contribution < -0.4 is 5.32 Å². The maximum absolute atomic E-state index is 10.9. The Morgan fingerprint density at radius 1 is 1.42 bits per heavy atom. The highest BCUT2D eigenvalue weighted by Crippen LogP contribution is 2.18. The van der Waals surface area contributed by atoms with Crippen molar-refractivity contribution in [2.45, 2.75) is 12.5 Å². The molecule has 0 aliphatic carbocycles. The van der Waals surface area contributed by atoms with Gasteiger partial charge in [0, 0.05) is 6.08 Å². The molecule has 2 aliphatic heterocycles. The van der Waals surface area contributed by atoms with Crippen molar-refractivity contribution in [1.82, 2.24) is 5.32 Å². The summed E-state index contributed by atoms with van der Waals surface area (Å²) >= 11 is 0. The number of hydrogen-bond donors (Lipinski definition) is 1. The summed E-state index contributed by atoms with van der Waals surface area (Å²) in [5.41, 5.74) is 0. The molecule has 0 aromatic rings. The van der Waals surface area contributed by atoms with Gasteiger partial charge in [-0.2, -0.15) is 0 Å². The molecule has 5 heteroatoms. The minimum atomic E-state index is -0.810. The molecule has 1 unspecified atom stereocenters. The lowest BCUT2D eigenvalue weighted by Gasteiger charge is -2.26. The topological polar surface area (TPSA) is 72.5 Å². The SMILES string of the molecule is O=C1C=C2OC(C1)C(=O)NC2=O. The first-order valence-electron chi connectivity index (χ1n) is 3.43. The molecule has 5 nitrogen and oxygen atoms in total. The smallest absolute Gasteiger partial charge is 0.293 e. The zero-order chi connectivity index (χ0) is 8.72. The van der Waals surface area contributed by atoms with Gasteiger partial charge in [-0.15, -0.1) is 0 Å². The zero-order valence-corrected chi connectivity index (χ0v) is 5.99. The molecule has 2 aliphatic rings. The summed E-state index contributed by atoms with van der Waals surface area (Å²) < 4.78 is 4.90. The number of hydrogen-bond acceptors (Lipinski definition) is 4. The van der Waals surface area contributed by atoms with E-state index >= 15 is 0 Å². The molecule has 0 aromatic heterocycles. The fourth-order valence-electron chi connectivity index (χ4n) is 1.14. The number of carbonyl (C=O) groups excluding carboxylic acids is 3. The standard InChI is InChI=1S/C7H5NO4/c9-3-1-4-6(10)8-7(11)5(2-3)12-4/h1,5H,2H2,(H,8,10,11). The Balaban J connectivity index is 2.39. The van der Waals surface area contributed by atoms with E-state index in [-0.39, 0.29) is 18.0 Å². The fourth-order valence-corrected chi connectivity index (χ4v) is 1.14. The van der Waals surface area contributed by atoms with Crippen LogP contribution in [0.5, 0.6) is 0 Å². The van der Waals surface area contributed by atoms with Crippen molar-refractivity contribution in [1.29, 1.82) is 0 Å². The highest BCUT2D eigenvalue weighted by Gasteiger charge is 2.36. The Morgan fingerprint density at radius 3 is 2.92 bits per heavy atom. The van der Waals surface area contributed by atoms with Crippen LogP contribution in [-0.2, 0) is 19.1 Å². The Kier molecular flexibility index (Phi) is 1.27. The highest BCUT2D eigenvalue weighted by molar-refractivity contribution is 6.13. The van der Waals surface area contributed by atoms with Gasteiger partial charge in [-0.1, -0.05) is 0 Å². The van der Waals surface area contributed by atoms with Crippen molar-refractivity contribution in [3.63, 3.8) is 0 Å². The molecular weight excluding hydrogens is 162 g/mol. The molecule has 1 saturated heterocycles. The van der Waals surface area contributed by atoms with Crippen molar-refractivity contribution in [3.8, 4) is 0 Å². The number of imide groups is 1. The van der Waals surface area contributed by atoms with Gasteiger partial charge in [0.15, 0.2) is 17.6 Å². The summed E-state index contributed by atoms with van der Waals surface area (Å²) in [6.45, 7) is 0. The average Bonchev–Trinajstić information content (AvgIpc) is 2.01. The molecule has 2 amide bonds. The Bertz CT molecular complexity index is 317. The largest absolute Gasteiger partial charge is 0.474 e. The van der Waals surface area contributed by atoms with E-state index in [4.69, 9.17) is 4.74 Å². The van der Waals surface area contributed by atoms with Gasteiger partial charge in [0.1, 0.15) is 0 Å². The van der Waals surface area contributed by atoms with E-state index < -0.39 is 17.9 Å². The first-order valence-corrected chi connectivity index (χ1v) is 3.43. The summed E-state index contributed by atoms with van der Waals surface area (Å²) in [4.78, 5) is 32.7. The summed E-state index contributed by atoms with van der Waals surface area (Å²) in [6.07, 6.45) is 0.316. The second-order valence-corrected chi connectivity index (χ2v) is 2.60. The number of ether oxygens (including phenoxy) is 1. The number of morpholine rings is 1. The third-order valence-electron chi connectivity index (χ3n) is 1.70. The maximum Gasteiger partial charge on any atom is 0.293 e. The van der Waals surface area contributed by atoms with Gasteiger partial charge in [-0.25, -0.2) is 0 Å². The molecule has 62 valence electrons. The number of allylic oxidation sites excluding steroid dienone is 1. The van der Waals surface area contributed by atoms with Crippen LogP contribution in [0.3, 0.4) is 0 Å². The second-order valence-electron chi connectivity index (χ2n) is 2.60. The molecular formula is C7H5NO4. The van der Waals surface area contributed by atoms with Crippen LogP contribution in [-0.4, -0.2) is 23.7 Å². The van der Waals surface area contributed by atoms with Gasteiger partial charge in [-0.05, 0) is 0 Å². The number of rotatable bonds is 0. The monoisotopic (exact) mass is 167 g/mol. The summed E-state index contributed by atoms with van der Waals surface area (Å²) in [5, 5.41) is 2.08. The quantitative estimate of drug-likeness (QED) is 0.464. The lowest BCUT2D eigenvalue weighted by Crippen LogP contribution is -2.49. The Morgan fingerprint density at radius 2 is 2.17 bits per heavy atom. The van der Waals surface area contributed by atoms with Crippen molar-refractivity contribution < 1.29 is 19.1 Å². The second kappa shape index (κ2) is 2.17. The zero-order valence-electron chi connectivity index (χ0n) is 5.99. The minimum absolute atomic E-state index is 0.0165. The van der Waals surface area contributed by atoms with Gasteiger partial charge in [0.2, 0.25) is 0 Å². The van der Waals surface area contributed by atoms with E-state index in [9.17, 15) is 14.4 Å². The van der Waals surface area contributed by atoms with Crippen LogP contribution >= 0.6 is 0 Å². The molecule has 2 bridgehead atoms. The Labute approximate surface area is 67.4 Å². The molecule has 1 fully saturated rings. The number of fused-ring (bicyclic) bond motifs is 2. The molecule has 1 N–H and O–H groups in total. The molecule has 0 aromatic carbocycles. The van der Waals surface area contributed by atoms with Gasteiger partial charge >= 0.3 is 0 Å². The number of carbonyl (C=O) groups is 3. The van der Waals surface area contributed by atoms with Crippen LogP contribution in [0.2, 0.25) is 0 Å². The minimum Gasteiger partial charge on any atom is -0.474 e. The first kappa shape index (κ1) is 7.02. The lowest BCUT2D eigenvalue weighted by molar-refractivity contribution is -0.147. The van der Waals surface area contributed by atoms with Gasteiger partial charge in [0.05, 0.1) is 6.42 Å². The van der Waals surface area contributed by atoms with Gasteiger partial charge < -0.3 is 4.74 Å². The normalized spacial score (nSPS) is 27.5. The molecule has 12 heavy (non-hydrogen) atoms. The highest BCUT2D eigenvalue weighted by atomic mass is 16.5. The van der Waals surface area contributed by atoms with Crippen molar-refractivity contribution >= 4 is 17.6 Å². The number of ketones is 1. The summed E-state index contributed by atoms with van der Waals surface area (Å²) in [7, 11) is 0. The summed E-state index contributed by atoms with van der Waals surface area (Å²) in [5.74, 6) is -1.48. The molecule has 2 heterocycles. The first-order chi connectivity index (χ1) is 5.66. The van der Waals surface area contributed by atoms with Crippen LogP contribution in [0.25, 0.3) is 0 Å². The molecule has 0 radical (unpaired) electrons. The molecule has 0 spiro atoms. The molecule has 0 saturated carbocycles. The fraction of sp³-hybridized carbons (Fsp3) is 0.286. The van der Waals surface area contributed by atoms with Gasteiger partial charge in [-0.3, -0.25) is 19.7 Å². The number of amides is 2. The van der Waals surface area contributed by atoms with E-state index in [2.05, 4.69) is 5.32 Å². The summed E-state index contributed by atoms with van der Waals surface area (Å²) in [6, 6.07) is 0. The Hall–Kier alpha value is -1.65.